The number of fused-ring (bicyclic) bond motifs is 2. The molecule has 6 rings (SSSR count). The van der Waals surface area contributed by atoms with Gasteiger partial charge in [-0.3, -0.25) is 24.0 Å². The number of nitrogens with zero attached hydrogens (tertiary/aromatic N) is 3. The number of halogens is 1. The first-order valence-corrected chi connectivity index (χ1v) is 15.2. The largest absolute Gasteiger partial charge is 0.345 e. The zero-order chi connectivity index (χ0) is 28.3. The molecule has 0 bridgehead atoms. The smallest absolute Gasteiger partial charge is 0.264 e. The summed E-state index contributed by atoms with van der Waals surface area (Å²) < 4.78 is 1.72. The molecule has 4 aromatic rings. The standard InChI is InChI=1S/C34H37ClN4O2/c1-2-29(24-12-5-3-6-13-24)36-33(40)32-27-17-11-18-28(35)31(27)34(41)39(25-14-7-4-8-15-25)30(32)23-37-20-21-38-19-10-9-16-26(38)22-37/h3-8,11-15,17-18,26,29H,2,9-10,16,19-23H2,1H3,(H,36,40)/t26?,29-/m0/s1. The monoisotopic (exact) mass is 568 g/mol. The molecule has 212 valence electrons. The van der Waals surface area contributed by atoms with Crippen LogP contribution in [0.2, 0.25) is 5.02 Å². The van der Waals surface area contributed by atoms with Crippen LogP contribution in [0.1, 0.15) is 60.3 Å². The molecular formula is C34H37ClN4O2. The minimum Gasteiger partial charge on any atom is -0.345 e. The molecular weight excluding hydrogens is 532 g/mol. The van der Waals surface area contributed by atoms with Crippen LogP contribution in [0.5, 0.6) is 0 Å². The Balaban J connectivity index is 1.51. The number of piperazine rings is 1. The maximum absolute atomic E-state index is 14.4. The number of pyridine rings is 1. The van der Waals surface area contributed by atoms with Gasteiger partial charge in [0.2, 0.25) is 0 Å². The molecule has 7 heteroatoms. The van der Waals surface area contributed by atoms with Gasteiger partial charge in [-0.25, -0.2) is 0 Å². The van der Waals surface area contributed by atoms with Crippen molar-refractivity contribution < 1.29 is 4.79 Å². The lowest BCUT2D eigenvalue weighted by molar-refractivity contribution is 0.0446. The highest BCUT2D eigenvalue weighted by Gasteiger charge is 2.32. The summed E-state index contributed by atoms with van der Waals surface area (Å²) in [7, 11) is 0. The zero-order valence-corrected chi connectivity index (χ0v) is 24.3. The molecule has 41 heavy (non-hydrogen) atoms. The molecule has 1 unspecified atom stereocenters. The lowest BCUT2D eigenvalue weighted by Crippen LogP contribution is -2.54. The summed E-state index contributed by atoms with van der Waals surface area (Å²) >= 11 is 6.69. The molecule has 2 saturated heterocycles. The minimum atomic E-state index is -0.199. The number of para-hydroxylation sites is 1. The van der Waals surface area contributed by atoms with Crippen molar-refractivity contribution in [1.29, 1.82) is 0 Å². The van der Waals surface area contributed by atoms with E-state index in [-0.39, 0.29) is 17.5 Å². The molecule has 0 radical (unpaired) electrons. The number of carbonyl (C=O) groups is 1. The fraction of sp³-hybridized carbons (Fsp3) is 0.353. The summed E-state index contributed by atoms with van der Waals surface area (Å²) in [5, 5.41) is 4.63. The van der Waals surface area contributed by atoms with Gasteiger partial charge in [0.05, 0.1) is 27.7 Å². The second-order valence-electron chi connectivity index (χ2n) is 11.2. The molecule has 0 saturated carbocycles. The predicted molar refractivity (Wildman–Crippen MR) is 166 cm³/mol. The third kappa shape index (κ3) is 5.56. The third-order valence-corrected chi connectivity index (χ3v) is 9.03. The van der Waals surface area contributed by atoms with Crippen molar-refractivity contribution in [1.82, 2.24) is 19.7 Å². The summed E-state index contributed by atoms with van der Waals surface area (Å²) in [6, 6.07) is 25.4. The first-order valence-electron chi connectivity index (χ1n) is 14.8. The molecule has 2 aliphatic heterocycles. The molecule has 6 nitrogen and oxygen atoms in total. The summed E-state index contributed by atoms with van der Waals surface area (Å²) in [6.07, 6.45) is 4.45. The summed E-state index contributed by atoms with van der Waals surface area (Å²) in [5.74, 6) is -0.191. The molecule has 3 aromatic carbocycles. The number of hydrogen-bond acceptors (Lipinski definition) is 4. The van der Waals surface area contributed by atoms with Crippen molar-refractivity contribution in [2.45, 2.75) is 51.2 Å². The molecule has 2 aliphatic rings. The van der Waals surface area contributed by atoms with Gasteiger partial charge >= 0.3 is 0 Å². The summed E-state index contributed by atoms with van der Waals surface area (Å²) in [6.45, 7) is 6.57. The van der Waals surface area contributed by atoms with Crippen LogP contribution in [0.15, 0.2) is 83.7 Å². The lowest BCUT2D eigenvalue weighted by atomic mass is 9.97. The molecule has 2 atom stereocenters. The van der Waals surface area contributed by atoms with Gasteiger partial charge in [0.1, 0.15) is 0 Å². The van der Waals surface area contributed by atoms with Crippen LogP contribution in [0.25, 0.3) is 16.5 Å². The Morgan fingerprint density at radius 3 is 2.46 bits per heavy atom. The van der Waals surface area contributed by atoms with Gasteiger partial charge in [-0.05, 0) is 49.6 Å². The Kier molecular flexibility index (Phi) is 8.24. The average Bonchev–Trinajstić information content (AvgIpc) is 3.00. The van der Waals surface area contributed by atoms with Crippen molar-refractivity contribution in [2.24, 2.45) is 0 Å². The van der Waals surface area contributed by atoms with Gasteiger partial charge in [0.25, 0.3) is 11.5 Å². The van der Waals surface area contributed by atoms with Gasteiger partial charge < -0.3 is 5.32 Å². The van der Waals surface area contributed by atoms with E-state index in [9.17, 15) is 9.59 Å². The first kappa shape index (κ1) is 27.7. The van der Waals surface area contributed by atoms with Crippen molar-refractivity contribution in [3.05, 3.63) is 111 Å². The lowest BCUT2D eigenvalue weighted by Gasteiger charge is -2.44. The molecule has 2 fully saturated rings. The SMILES string of the molecule is CC[C@H](NC(=O)c1c(CN2CCN3CCCCC3C2)n(-c2ccccc2)c(=O)c2c(Cl)cccc12)c1ccccc1. The van der Waals surface area contributed by atoms with Crippen molar-refractivity contribution in [3.63, 3.8) is 0 Å². The van der Waals surface area contributed by atoms with E-state index in [0.29, 0.717) is 39.6 Å². The molecule has 3 heterocycles. The van der Waals surface area contributed by atoms with Gasteiger partial charge in [0, 0.05) is 43.3 Å². The maximum Gasteiger partial charge on any atom is 0.264 e. The number of carbonyl (C=O) groups excluding carboxylic acids is 1. The van der Waals surface area contributed by atoms with Crippen LogP contribution in [0.4, 0.5) is 0 Å². The van der Waals surface area contributed by atoms with E-state index in [1.807, 2.05) is 72.8 Å². The zero-order valence-electron chi connectivity index (χ0n) is 23.6. The topological polar surface area (TPSA) is 57.6 Å². The van der Waals surface area contributed by atoms with Crippen molar-refractivity contribution >= 4 is 28.3 Å². The Morgan fingerprint density at radius 2 is 1.71 bits per heavy atom. The second kappa shape index (κ2) is 12.2. The van der Waals surface area contributed by atoms with E-state index in [1.54, 1.807) is 10.6 Å². The number of piperidine rings is 1. The van der Waals surface area contributed by atoms with Crippen LogP contribution in [-0.4, -0.2) is 52.5 Å². The highest BCUT2D eigenvalue weighted by Crippen LogP contribution is 2.30. The fourth-order valence-corrected chi connectivity index (χ4v) is 6.87. The van der Waals surface area contributed by atoms with Gasteiger partial charge in [-0.1, -0.05) is 85.6 Å². The Labute approximate surface area is 246 Å². The Morgan fingerprint density at radius 1 is 0.951 bits per heavy atom. The van der Waals surface area contributed by atoms with Crippen LogP contribution in [0.3, 0.4) is 0 Å². The average molecular weight is 569 g/mol. The number of rotatable bonds is 7. The molecule has 1 aromatic heterocycles. The van der Waals surface area contributed by atoms with Crippen LogP contribution < -0.4 is 10.9 Å². The van der Waals surface area contributed by atoms with E-state index in [1.165, 1.54) is 19.3 Å². The fourth-order valence-electron chi connectivity index (χ4n) is 6.62. The van der Waals surface area contributed by atoms with Crippen molar-refractivity contribution in [2.75, 3.05) is 26.2 Å². The van der Waals surface area contributed by atoms with E-state index < -0.39 is 0 Å². The molecule has 1 N–H and O–H groups in total. The van der Waals surface area contributed by atoms with Gasteiger partial charge in [-0.2, -0.15) is 0 Å². The van der Waals surface area contributed by atoms with Crippen LogP contribution in [0, 0.1) is 0 Å². The first-order chi connectivity index (χ1) is 20.0. The van der Waals surface area contributed by atoms with E-state index in [2.05, 4.69) is 22.0 Å². The minimum absolute atomic E-state index is 0.159. The van der Waals surface area contributed by atoms with Gasteiger partial charge in [0.15, 0.2) is 0 Å². The van der Waals surface area contributed by atoms with E-state index in [0.717, 1.165) is 43.9 Å². The van der Waals surface area contributed by atoms with E-state index in [4.69, 9.17) is 11.6 Å². The molecule has 0 spiro atoms. The number of hydrogen-bond donors (Lipinski definition) is 1. The molecule has 1 amide bonds. The Bertz CT molecular complexity index is 1590. The highest BCUT2D eigenvalue weighted by molar-refractivity contribution is 6.36. The normalized spacial score (nSPS) is 18.6. The summed E-state index contributed by atoms with van der Waals surface area (Å²) in [4.78, 5) is 33.7. The van der Waals surface area contributed by atoms with E-state index >= 15 is 0 Å². The third-order valence-electron chi connectivity index (χ3n) is 8.71. The number of nitrogens with one attached hydrogen (secondary N) is 1. The number of amides is 1. The second-order valence-corrected chi connectivity index (χ2v) is 11.6. The van der Waals surface area contributed by atoms with Crippen molar-refractivity contribution in [3.8, 4) is 5.69 Å². The molecule has 0 aliphatic carbocycles. The quantitative estimate of drug-likeness (QED) is 0.289. The Hall–Kier alpha value is -3.45. The number of benzene rings is 3. The van der Waals surface area contributed by atoms with Gasteiger partial charge in [-0.15, -0.1) is 0 Å². The predicted octanol–water partition coefficient (Wildman–Crippen LogP) is 6.20. The van der Waals surface area contributed by atoms with Crippen LogP contribution >= 0.6 is 11.6 Å². The number of aromatic nitrogens is 1. The highest BCUT2D eigenvalue weighted by atomic mass is 35.5. The summed E-state index contributed by atoms with van der Waals surface area (Å²) in [5.41, 5.74) is 2.81. The van der Waals surface area contributed by atoms with Crippen LogP contribution in [-0.2, 0) is 6.54 Å². The maximum atomic E-state index is 14.4.